The molecule has 0 saturated heterocycles. The largest absolute Gasteiger partial charge is 0.496 e. The Hall–Kier alpha value is -2.16. The van der Waals surface area contributed by atoms with Gasteiger partial charge in [-0.15, -0.1) is 0 Å². The smallest absolute Gasteiger partial charge is 0.124 e. The lowest BCUT2D eigenvalue weighted by atomic mass is 10.1. The van der Waals surface area contributed by atoms with E-state index in [4.69, 9.17) is 9.47 Å². The minimum atomic E-state index is 0.165. The summed E-state index contributed by atoms with van der Waals surface area (Å²) in [6, 6.07) is 14.4. The summed E-state index contributed by atoms with van der Waals surface area (Å²) in [6.07, 6.45) is 0. The molecule has 2 aromatic rings. The molecule has 0 aliphatic heterocycles. The van der Waals surface area contributed by atoms with Crippen LogP contribution in [0.15, 0.2) is 42.5 Å². The van der Waals surface area contributed by atoms with Crippen LogP contribution in [0.3, 0.4) is 0 Å². The number of ether oxygens (including phenoxy) is 2. The number of anilines is 1. The average Bonchev–Trinajstić information content (AvgIpc) is 2.50. The molecule has 1 N–H and O–H groups in total. The molecule has 0 aliphatic carbocycles. The number of hydrogen-bond acceptors (Lipinski definition) is 3. The van der Waals surface area contributed by atoms with E-state index in [1.807, 2.05) is 31.2 Å². The van der Waals surface area contributed by atoms with E-state index in [0.29, 0.717) is 6.61 Å². The van der Waals surface area contributed by atoms with Gasteiger partial charge in [-0.1, -0.05) is 18.2 Å². The van der Waals surface area contributed by atoms with Crippen LogP contribution in [0, 0.1) is 6.92 Å². The molecule has 21 heavy (non-hydrogen) atoms. The first-order chi connectivity index (χ1) is 10.2. The van der Waals surface area contributed by atoms with Crippen LogP contribution in [0.1, 0.15) is 31.0 Å². The third kappa shape index (κ3) is 3.69. The second-order valence-corrected chi connectivity index (χ2v) is 5.02. The van der Waals surface area contributed by atoms with Gasteiger partial charge < -0.3 is 14.8 Å². The molecule has 2 rings (SSSR count). The van der Waals surface area contributed by atoms with E-state index in [1.54, 1.807) is 7.11 Å². The minimum absolute atomic E-state index is 0.165. The maximum absolute atomic E-state index is 5.52. The van der Waals surface area contributed by atoms with Gasteiger partial charge in [0.1, 0.15) is 11.5 Å². The number of hydrogen-bond donors (Lipinski definition) is 1. The summed E-state index contributed by atoms with van der Waals surface area (Å²) in [5, 5.41) is 3.53. The van der Waals surface area contributed by atoms with Crippen LogP contribution < -0.4 is 14.8 Å². The molecule has 2 aromatic carbocycles. The van der Waals surface area contributed by atoms with E-state index in [-0.39, 0.29) is 6.04 Å². The van der Waals surface area contributed by atoms with Crippen molar-refractivity contribution in [3.8, 4) is 11.5 Å². The van der Waals surface area contributed by atoms with Crippen molar-refractivity contribution in [1.82, 2.24) is 0 Å². The zero-order chi connectivity index (χ0) is 15.2. The van der Waals surface area contributed by atoms with E-state index in [0.717, 1.165) is 22.7 Å². The van der Waals surface area contributed by atoms with Gasteiger partial charge in [-0.25, -0.2) is 0 Å². The lowest BCUT2D eigenvalue weighted by molar-refractivity contribution is 0.340. The van der Waals surface area contributed by atoms with Crippen molar-refractivity contribution in [3.63, 3.8) is 0 Å². The van der Waals surface area contributed by atoms with Crippen LogP contribution >= 0.6 is 0 Å². The summed E-state index contributed by atoms with van der Waals surface area (Å²) >= 11 is 0. The van der Waals surface area contributed by atoms with Gasteiger partial charge >= 0.3 is 0 Å². The molecule has 0 heterocycles. The van der Waals surface area contributed by atoms with Crippen LogP contribution in [0.4, 0.5) is 5.69 Å². The highest BCUT2D eigenvalue weighted by Crippen LogP contribution is 2.29. The van der Waals surface area contributed by atoms with E-state index >= 15 is 0 Å². The second-order valence-electron chi connectivity index (χ2n) is 5.02. The lowest BCUT2D eigenvalue weighted by Crippen LogP contribution is -2.09. The minimum Gasteiger partial charge on any atom is -0.496 e. The Balaban J connectivity index is 2.17. The quantitative estimate of drug-likeness (QED) is 0.843. The zero-order valence-corrected chi connectivity index (χ0v) is 13.1. The highest BCUT2D eigenvalue weighted by Gasteiger charge is 2.11. The molecule has 112 valence electrons. The first-order valence-electron chi connectivity index (χ1n) is 7.28. The predicted molar refractivity (Wildman–Crippen MR) is 87.4 cm³/mol. The van der Waals surface area contributed by atoms with Crippen LogP contribution in [-0.2, 0) is 0 Å². The number of nitrogens with one attached hydrogen (secondary N) is 1. The summed E-state index contributed by atoms with van der Waals surface area (Å²) in [5.74, 6) is 1.81. The summed E-state index contributed by atoms with van der Waals surface area (Å²) in [6.45, 7) is 6.89. The average molecular weight is 285 g/mol. The van der Waals surface area contributed by atoms with Crippen molar-refractivity contribution in [2.24, 2.45) is 0 Å². The summed E-state index contributed by atoms with van der Waals surface area (Å²) in [7, 11) is 1.70. The molecule has 3 nitrogen and oxygen atoms in total. The monoisotopic (exact) mass is 285 g/mol. The lowest BCUT2D eigenvalue weighted by Gasteiger charge is -2.20. The Morgan fingerprint density at radius 1 is 1.14 bits per heavy atom. The SMILES string of the molecule is CCOc1ccc(NC(C)c2ccccc2OC)c(C)c1. The molecule has 0 aliphatic rings. The van der Waals surface area contributed by atoms with Gasteiger partial charge in [-0.3, -0.25) is 0 Å². The van der Waals surface area contributed by atoms with Crippen molar-refractivity contribution in [2.75, 3.05) is 19.0 Å². The molecular weight excluding hydrogens is 262 g/mol. The van der Waals surface area contributed by atoms with Crippen molar-refractivity contribution in [1.29, 1.82) is 0 Å². The van der Waals surface area contributed by atoms with Crippen molar-refractivity contribution in [3.05, 3.63) is 53.6 Å². The third-order valence-electron chi connectivity index (χ3n) is 3.49. The molecule has 1 unspecified atom stereocenters. The van der Waals surface area contributed by atoms with Crippen LogP contribution in [0.2, 0.25) is 0 Å². The van der Waals surface area contributed by atoms with Crippen molar-refractivity contribution >= 4 is 5.69 Å². The fraction of sp³-hybridized carbons (Fsp3) is 0.333. The van der Waals surface area contributed by atoms with Crippen molar-refractivity contribution in [2.45, 2.75) is 26.8 Å². The van der Waals surface area contributed by atoms with E-state index in [1.165, 1.54) is 5.56 Å². The fourth-order valence-electron chi connectivity index (χ4n) is 2.39. The van der Waals surface area contributed by atoms with Gasteiger partial charge in [0, 0.05) is 11.3 Å². The first kappa shape index (κ1) is 15.2. The molecule has 3 heteroatoms. The molecule has 0 bridgehead atoms. The number of aryl methyl sites for hydroxylation is 1. The first-order valence-corrected chi connectivity index (χ1v) is 7.28. The predicted octanol–water partition coefficient (Wildman–Crippen LogP) is 4.58. The maximum atomic E-state index is 5.52. The number of benzene rings is 2. The summed E-state index contributed by atoms with van der Waals surface area (Å²) in [5.41, 5.74) is 3.42. The highest BCUT2D eigenvalue weighted by molar-refractivity contribution is 5.55. The Morgan fingerprint density at radius 2 is 1.90 bits per heavy atom. The van der Waals surface area contributed by atoms with E-state index in [9.17, 15) is 0 Å². The Kier molecular flexibility index (Phi) is 5.09. The van der Waals surface area contributed by atoms with Crippen LogP contribution in [-0.4, -0.2) is 13.7 Å². The number of methoxy groups -OCH3 is 1. The Labute approximate surface area is 126 Å². The Morgan fingerprint density at radius 3 is 2.57 bits per heavy atom. The third-order valence-corrected chi connectivity index (χ3v) is 3.49. The highest BCUT2D eigenvalue weighted by atomic mass is 16.5. The topological polar surface area (TPSA) is 30.5 Å². The van der Waals surface area contributed by atoms with Gasteiger partial charge in [0.25, 0.3) is 0 Å². The zero-order valence-electron chi connectivity index (χ0n) is 13.1. The summed E-state index contributed by atoms with van der Waals surface area (Å²) < 4.78 is 10.9. The van der Waals surface area contributed by atoms with Gasteiger partial charge in [0.05, 0.1) is 19.8 Å². The number of rotatable bonds is 6. The second kappa shape index (κ2) is 7.02. The molecule has 0 radical (unpaired) electrons. The standard InChI is InChI=1S/C18H23NO2/c1-5-21-15-10-11-17(13(2)12-15)19-14(3)16-8-6-7-9-18(16)20-4/h6-12,14,19H,5H2,1-4H3. The van der Waals surface area contributed by atoms with Gasteiger partial charge in [-0.05, 0) is 50.6 Å². The molecule has 1 atom stereocenters. The molecule has 0 fully saturated rings. The molecule has 0 aromatic heterocycles. The van der Waals surface area contributed by atoms with E-state index in [2.05, 4.69) is 37.4 Å². The van der Waals surface area contributed by atoms with Gasteiger partial charge in [-0.2, -0.15) is 0 Å². The maximum Gasteiger partial charge on any atom is 0.124 e. The van der Waals surface area contributed by atoms with Crippen LogP contribution in [0.5, 0.6) is 11.5 Å². The van der Waals surface area contributed by atoms with Gasteiger partial charge in [0.15, 0.2) is 0 Å². The molecule has 0 saturated carbocycles. The van der Waals surface area contributed by atoms with Crippen LogP contribution in [0.25, 0.3) is 0 Å². The number of para-hydroxylation sites is 1. The van der Waals surface area contributed by atoms with E-state index < -0.39 is 0 Å². The Bertz CT molecular complexity index is 596. The molecule has 0 spiro atoms. The van der Waals surface area contributed by atoms with Gasteiger partial charge in [0.2, 0.25) is 0 Å². The summed E-state index contributed by atoms with van der Waals surface area (Å²) in [4.78, 5) is 0. The fourth-order valence-corrected chi connectivity index (χ4v) is 2.39. The molecule has 0 amide bonds. The molecular formula is C18H23NO2. The van der Waals surface area contributed by atoms with Crippen molar-refractivity contribution < 1.29 is 9.47 Å². The normalized spacial score (nSPS) is 11.8.